The molecule has 15 heavy (non-hydrogen) atoms. The summed E-state index contributed by atoms with van der Waals surface area (Å²) in [6.45, 7) is 5.50. The first kappa shape index (κ1) is 10.9. The summed E-state index contributed by atoms with van der Waals surface area (Å²) in [6.07, 6.45) is 2.50. The molecular formula is C11H20N2O2. The van der Waals surface area contributed by atoms with Gasteiger partial charge in [0.25, 0.3) is 0 Å². The van der Waals surface area contributed by atoms with Gasteiger partial charge in [0, 0.05) is 25.7 Å². The van der Waals surface area contributed by atoms with Gasteiger partial charge in [0.2, 0.25) is 5.91 Å². The van der Waals surface area contributed by atoms with E-state index in [1.807, 2.05) is 0 Å². The lowest BCUT2D eigenvalue weighted by molar-refractivity contribution is -0.127. The van der Waals surface area contributed by atoms with E-state index in [2.05, 4.69) is 11.8 Å². The third-order valence-electron chi connectivity index (χ3n) is 3.32. The fraction of sp³-hybridized carbons (Fsp3) is 0.909. The zero-order chi connectivity index (χ0) is 10.8. The van der Waals surface area contributed by atoms with Gasteiger partial charge in [0.1, 0.15) is 0 Å². The van der Waals surface area contributed by atoms with E-state index >= 15 is 0 Å². The third-order valence-corrected chi connectivity index (χ3v) is 3.32. The molecule has 2 rings (SSSR count). The summed E-state index contributed by atoms with van der Waals surface area (Å²) in [5, 5.41) is 9.34. The van der Waals surface area contributed by atoms with Crippen molar-refractivity contribution in [1.29, 1.82) is 0 Å². The smallest absolute Gasteiger partial charge is 0.225 e. The molecule has 0 spiro atoms. The highest BCUT2D eigenvalue weighted by Crippen LogP contribution is 2.26. The molecule has 1 heterocycles. The minimum absolute atomic E-state index is 0.106. The highest BCUT2D eigenvalue weighted by Gasteiger charge is 2.31. The molecular weight excluding hydrogens is 192 g/mol. The van der Waals surface area contributed by atoms with Gasteiger partial charge in [-0.1, -0.05) is 6.92 Å². The van der Waals surface area contributed by atoms with E-state index in [9.17, 15) is 9.90 Å². The molecule has 1 aliphatic carbocycles. The first-order valence-electron chi connectivity index (χ1n) is 5.90. The largest absolute Gasteiger partial charge is 0.391 e. The molecule has 0 aromatic rings. The van der Waals surface area contributed by atoms with Gasteiger partial charge in [0.05, 0.1) is 12.5 Å². The summed E-state index contributed by atoms with van der Waals surface area (Å²) in [5.74, 6) is 0.106. The van der Waals surface area contributed by atoms with Gasteiger partial charge in [-0.3, -0.25) is 9.69 Å². The summed E-state index contributed by atoms with van der Waals surface area (Å²) in [7, 11) is 0. The van der Waals surface area contributed by atoms with Gasteiger partial charge in [-0.2, -0.15) is 0 Å². The molecule has 0 radical (unpaired) electrons. The molecule has 1 saturated heterocycles. The Labute approximate surface area is 90.9 Å². The first-order chi connectivity index (χ1) is 7.20. The van der Waals surface area contributed by atoms with Crippen LogP contribution in [0.2, 0.25) is 0 Å². The van der Waals surface area contributed by atoms with Gasteiger partial charge < -0.3 is 10.0 Å². The van der Waals surface area contributed by atoms with Crippen molar-refractivity contribution < 1.29 is 9.90 Å². The van der Waals surface area contributed by atoms with Crippen molar-refractivity contribution >= 4 is 5.91 Å². The van der Waals surface area contributed by atoms with Crippen molar-refractivity contribution in [3.8, 4) is 0 Å². The lowest BCUT2D eigenvalue weighted by atomic mass is 10.3. The molecule has 86 valence electrons. The number of hydrogen-bond acceptors (Lipinski definition) is 3. The summed E-state index contributed by atoms with van der Waals surface area (Å²) in [6, 6.07) is 0.762. The second-order valence-electron chi connectivity index (χ2n) is 4.56. The zero-order valence-electron chi connectivity index (χ0n) is 9.35. The maximum atomic E-state index is 11.4. The van der Waals surface area contributed by atoms with Crippen molar-refractivity contribution in [2.45, 2.75) is 38.3 Å². The molecule has 1 unspecified atom stereocenters. The molecule has 1 amide bonds. The number of aliphatic hydroxyl groups excluding tert-OH is 1. The normalized spacial score (nSPS) is 26.7. The Morgan fingerprint density at radius 1 is 1.53 bits per heavy atom. The number of β-amino-alcohol motifs (C(OH)–C–C–N with tert-alkyl or cyclic N) is 1. The van der Waals surface area contributed by atoms with Crippen molar-refractivity contribution in [1.82, 2.24) is 9.80 Å². The predicted octanol–water partition coefficient (Wildman–Crippen LogP) is 0.0639. The lowest BCUT2D eigenvalue weighted by Gasteiger charge is -2.23. The van der Waals surface area contributed by atoms with Crippen LogP contribution in [0.5, 0.6) is 0 Å². The Kier molecular flexibility index (Phi) is 3.26. The van der Waals surface area contributed by atoms with Crippen molar-refractivity contribution in [2.75, 3.05) is 26.2 Å². The topological polar surface area (TPSA) is 43.8 Å². The molecule has 0 aromatic carbocycles. The Balaban J connectivity index is 1.74. The number of likely N-dealkylation sites (N-methyl/N-ethyl adjacent to an activating group) is 1. The van der Waals surface area contributed by atoms with E-state index in [0.717, 1.165) is 25.7 Å². The maximum absolute atomic E-state index is 11.4. The number of aliphatic hydroxyl groups is 1. The summed E-state index contributed by atoms with van der Waals surface area (Å²) in [5.41, 5.74) is 0. The Bertz CT molecular complexity index is 241. The van der Waals surface area contributed by atoms with E-state index < -0.39 is 6.10 Å². The molecule has 4 heteroatoms. The van der Waals surface area contributed by atoms with Crippen molar-refractivity contribution in [2.24, 2.45) is 0 Å². The molecule has 0 aromatic heterocycles. The van der Waals surface area contributed by atoms with E-state index in [0.29, 0.717) is 13.0 Å². The van der Waals surface area contributed by atoms with Crippen molar-refractivity contribution in [3.63, 3.8) is 0 Å². The number of nitrogens with zero attached hydrogens (tertiary/aromatic N) is 2. The first-order valence-corrected chi connectivity index (χ1v) is 5.90. The molecule has 4 nitrogen and oxygen atoms in total. The maximum Gasteiger partial charge on any atom is 0.225 e. The summed E-state index contributed by atoms with van der Waals surface area (Å²) >= 11 is 0. The summed E-state index contributed by atoms with van der Waals surface area (Å²) < 4.78 is 0. The number of hydrogen-bond donors (Lipinski definition) is 1. The second kappa shape index (κ2) is 4.49. The lowest BCUT2D eigenvalue weighted by Crippen LogP contribution is -2.37. The number of carbonyl (C=O) groups is 1. The van der Waals surface area contributed by atoms with E-state index in [1.165, 1.54) is 12.8 Å². The van der Waals surface area contributed by atoms with Crippen LogP contribution >= 0.6 is 0 Å². The van der Waals surface area contributed by atoms with Crippen LogP contribution in [0.15, 0.2) is 0 Å². The fourth-order valence-corrected chi connectivity index (χ4v) is 2.26. The average Bonchev–Trinajstić information content (AvgIpc) is 2.96. The minimum atomic E-state index is -0.437. The van der Waals surface area contributed by atoms with Crippen LogP contribution < -0.4 is 0 Å². The van der Waals surface area contributed by atoms with Gasteiger partial charge in [-0.15, -0.1) is 0 Å². The molecule has 0 bridgehead atoms. The van der Waals surface area contributed by atoms with Gasteiger partial charge in [0.15, 0.2) is 0 Å². The third kappa shape index (κ3) is 2.69. The van der Waals surface area contributed by atoms with Gasteiger partial charge in [-0.25, -0.2) is 0 Å². The molecule has 1 saturated carbocycles. The minimum Gasteiger partial charge on any atom is -0.391 e. The molecule has 1 N–H and O–H groups in total. The van der Waals surface area contributed by atoms with Crippen LogP contribution in [-0.4, -0.2) is 59.1 Å². The van der Waals surface area contributed by atoms with Gasteiger partial charge in [-0.05, 0) is 19.4 Å². The Morgan fingerprint density at radius 2 is 2.27 bits per heavy atom. The molecule has 2 aliphatic rings. The zero-order valence-corrected chi connectivity index (χ0v) is 9.35. The quantitative estimate of drug-likeness (QED) is 0.701. The average molecular weight is 212 g/mol. The van der Waals surface area contributed by atoms with E-state index in [-0.39, 0.29) is 5.91 Å². The van der Waals surface area contributed by atoms with Crippen molar-refractivity contribution in [3.05, 3.63) is 0 Å². The highest BCUT2D eigenvalue weighted by atomic mass is 16.3. The Hall–Kier alpha value is -0.610. The number of amides is 1. The SMILES string of the molecule is CCN(CCN1CC(O)CC1=O)C1CC1. The van der Waals surface area contributed by atoms with E-state index in [1.54, 1.807) is 4.90 Å². The second-order valence-corrected chi connectivity index (χ2v) is 4.56. The van der Waals surface area contributed by atoms with Crippen LogP contribution in [0.4, 0.5) is 0 Å². The predicted molar refractivity (Wildman–Crippen MR) is 57.5 cm³/mol. The summed E-state index contributed by atoms with van der Waals surface area (Å²) in [4.78, 5) is 15.6. The number of carbonyl (C=O) groups excluding carboxylic acids is 1. The molecule has 1 atom stereocenters. The van der Waals surface area contributed by atoms with Crippen LogP contribution in [0.25, 0.3) is 0 Å². The Morgan fingerprint density at radius 3 is 2.73 bits per heavy atom. The van der Waals surface area contributed by atoms with Crippen LogP contribution in [0, 0.1) is 0 Å². The molecule has 1 aliphatic heterocycles. The van der Waals surface area contributed by atoms with Gasteiger partial charge >= 0.3 is 0 Å². The fourth-order valence-electron chi connectivity index (χ4n) is 2.26. The number of likely N-dealkylation sites (tertiary alicyclic amines) is 1. The van der Waals surface area contributed by atoms with Crippen LogP contribution in [0.3, 0.4) is 0 Å². The highest BCUT2D eigenvalue weighted by molar-refractivity contribution is 5.78. The van der Waals surface area contributed by atoms with Crippen LogP contribution in [0.1, 0.15) is 26.2 Å². The van der Waals surface area contributed by atoms with Crippen LogP contribution in [-0.2, 0) is 4.79 Å². The molecule has 2 fully saturated rings. The standard InChI is InChI=1S/C11H20N2O2/c1-2-12(9-3-4-9)5-6-13-8-10(14)7-11(13)15/h9-10,14H,2-8H2,1H3. The monoisotopic (exact) mass is 212 g/mol. The van der Waals surface area contributed by atoms with E-state index in [4.69, 9.17) is 0 Å². The number of rotatable bonds is 5.